The van der Waals surface area contributed by atoms with Crippen LogP contribution in [0.3, 0.4) is 0 Å². The van der Waals surface area contributed by atoms with E-state index in [0.29, 0.717) is 5.82 Å². The molecule has 0 atom stereocenters. The van der Waals surface area contributed by atoms with Crippen LogP contribution in [-0.2, 0) is 7.05 Å². The third-order valence-corrected chi connectivity index (χ3v) is 4.92. The molecule has 2 aromatic heterocycles. The third-order valence-electron chi connectivity index (χ3n) is 4.92. The Morgan fingerprint density at radius 2 is 1.29 bits per heavy atom. The van der Waals surface area contributed by atoms with E-state index in [1.807, 2.05) is 60.7 Å². The summed E-state index contributed by atoms with van der Waals surface area (Å²) in [6.07, 6.45) is 2.12. The highest BCUT2D eigenvalue weighted by atomic mass is 15.2. The van der Waals surface area contributed by atoms with Crippen LogP contribution in [0.15, 0.2) is 91.1 Å². The van der Waals surface area contributed by atoms with Crippen molar-refractivity contribution in [2.75, 3.05) is 0 Å². The van der Waals surface area contributed by atoms with Crippen molar-refractivity contribution < 1.29 is 0 Å². The van der Waals surface area contributed by atoms with Gasteiger partial charge in [0, 0.05) is 40.8 Å². The van der Waals surface area contributed by atoms with Crippen molar-refractivity contribution in [3.8, 4) is 33.9 Å². The zero-order valence-corrected chi connectivity index (χ0v) is 15.4. The second-order valence-corrected chi connectivity index (χ2v) is 6.74. The lowest BCUT2D eigenvalue weighted by Crippen LogP contribution is -1.99. The summed E-state index contributed by atoms with van der Waals surface area (Å²) in [5, 5.41) is 10.2. The highest BCUT2D eigenvalue weighted by Gasteiger charge is 2.18. The first kappa shape index (κ1) is 16.4. The lowest BCUT2D eigenvalue weighted by molar-refractivity contribution is 0.964. The Labute approximate surface area is 163 Å². The van der Waals surface area contributed by atoms with Gasteiger partial charge in [-0.3, -0.25) is 0 Å². The molecule has 4 heteroatoms. The molecule has 0 fully saturated rings. The summed E-state index contributed by atoms with van der Waals surface area (Å²) in [4.78, 5) is 4.97. The van der Waals surface area contributed by atoms with E-state index >= 15 is 0 Å². The van der Waals surface area contributed by atoms with Crippen molar-refractivity contribution in [1.29, 1.82) is 0 Å². The quantitative estimate of drug-likeness (QED) is 0.434. The van der Waals surface area contributed by atoms with Crippen molar-refractivity contribution in [3.05, 3.63) is 91.1 Å². The largest absolute Gasteiger partial charge is 0.350 e. The molecular weight excluding hydrogens is 344 g/mol. The Hall–Kier alpha value is -3.79. The lowest BCUT2D eigenvalue weighted by atomic mass is 10.0. The molecule has 0 aliphatic carbocycles. The van der Waals surface area contributed by atoms with Crippen molar-refractivity contribution in [2.45, 2.75) is 0 Å². The second-order valence-electron chi connectivity index (χ2n) is 6.74. The lowest BCUT2D eigenvalue weighted by Gasteiger charge is -2.09. The van der Waals surface area contributed by atoms with Crippen LogP contribution in [0.1, 0.15) is 0 Å². The summed E-state index contributed by atoms with van der Waals surface area (Å²) in [5.74, 6) is 0.628. The van der Waals surface area contributed by atoms with Gasteiger partial charge in [-0.25, -0.2) is 4.98 Å². The Kier molecular flexibility index (Phi) is 3.95. The van der Waals surface area contributed by atoms with Crippen LogP contribution in [0.25, 0.3) is 44.8 Å². The minimum absolute atomic E-state index is 0.628. The van der Waals surface area contributed by atoms with E-state index in [-0.39, 0.29) is 0 Å². The Bertz CT molecular complexity index is 1260. The average molecular weight is 362 g/mol. The normalized spacial score (nSPS) is 11.0. The molecule has 0 bridgehead atoms. The highest BCUT2D eigenvalue weighted by molar-refractivity contribution is 5.98. The molecule has 5 rings (SSSR count). The Morgan fingerprint density at radius 1 is 0.643 bits per heavy atom. The van der Waals surface area contributed by atoms with Crippen LogP contribution < -0.4 is 0 Å². The summed E-state index contributed by atoms with van der Waals surface area (Å²) in [7, 11) is 2.06. The maximum absolute atomic E-state index is 4.97. The van der Waals surface area contributed by atoms with Crippen LogP contribution in [0.2, 0.25) is 0 Å². The number of aromatic nitrogens is 4. The fraction of sp³-hybridized carbons (Fsp3) is 0.0417. The summed E-state index contributed by atoms with van der Waals surface area (Å²) in [5.41, 5.74) is 5.81. The minimum atomic E-state index is 0.628. The first-order valence-corrected chi connectivity index (χ1v) is 9.21. The van der Waals surface area contributed by atoms with Gasteiger partial charge in [-0.2, -0.15) is 0 Å². The molecule has 0 unspecified atom stereocenters. The molecule has 134 valence electrons. The number of para-hydroxylation sites is 1. The molecule has 5 aromatic rings. The van der Waals surface area contributed by atoms with Gasteiger partial charge in [-0.15, -0.1) is 10.2 Å². The van der Waals surface area contributed by atoms with Crippen LogP contribution >= 0.6 is 0 Å². The molecule has 0 saturated carbocycles. The number of aryl methyl sites for hydroxylation is 1. The van der Waals surface area contributed by atoms with E-state index < -0.39 is 0 Å². The van der Waals surface area contributed by atoms with Gasteiger partial charge in [0.2, 0.25) is 0 Å². The van der Waals surface area contributed by atoms with Gasteiger partial charge in [0.05, 0.1) is 0 Å². The second kappa shape index (κ2) is 6.74. The molecule has 0 spiro atoms. The SMILES string of the molecule is Cn1cc(-c2nc(-c3ccccc3)nnc2-c2ccccc2)c2ccccc21. The number of rotatable bonds is 3. The van der Waals surface area contributed by atoms with Gasteiger partial charge in [-0.1, -0.05) is 78.9 Å². The van der Waals surface area contributed by atoms with Gasteiger partial charge in [0.1, 0.15) is 11.4 Å². The predicted molar refractivity (Wildman–Crippen MR) is 113 cm³/mol. The number of fused-ring (bicyclic) bond motifs is 1. The standard InChI is InChI=1S/C24H18N4/c1-28-16-20(19-14-8-9-15-21(19)28)23-22(17-10-4-2-5-11-17)26-27-24(25-23)18-12-6-3-7-13-18/h2-16H,1H3. The highest BCUT2D eigenvalue weighted by Crippen LogP contribution is 2.35. The Balaban J connectivity index is 1.80. The molecule has 0 saturated heterocycles. The number of nitrogens with zero attached hydrogens (tertiary/aromatic N) is 4. The average Bonchev–Trinajstić information content (AvgIpc) is 3.11. The molecule has 0 aliphatic heterocycles. The fourth-order valence-corrected chi connectivity index (χ4v) is 3.54. The van der Waals surface area contributed by atoms with Crippen LogP contribution in [0, 0.1) is 0 Å². The first-order chi connectivity index (χ1) is 13.8. The molecule has 0 aliphatic rings. The zero-order valence-electron chi connectivity index (χ0n) is 15.4. The molecule has 4 nitrogen and oxygen atoms in total. The van der Waals surface area contributed by atoms with E-state index in [2.05, 4.69) is 52.3 Å². The smallest absolute Gasteiger partial charge is 0.182 e. The monoisotopic (exact) mass is 362 g/mol. The summed E-state index contributed by atoms with van der Waals surface area (Å²) < 4.78 is 2.13. The first-order valence-electron chi connectivity index (χ1n) is 9.21. The van der Waals surface area contributed by atoms with Crippen molar-refractivity contribution in [3.63, 3.8) is 0 Å². The van der Waals surface area contributed by atoms with Crippen LogP contribution in [0.4, 0.5) is 0 Å². The summed E-state index contributed by atoms with van der Waals surface area (Å²) >= 11 is 0. The topological polar surface area (TPSA) is 43.6 Å². The third kappa shape index (κ3) is 2.76. The van der Waals surface area contributed by atoms with Crippen LogP contribution in [-0.4, -0.2) is 19.7 Å². The van der Waals surface area contributed by atoms with E-state index in [1.165, 1.54) is 0 Å². The molecule has 3 aromatic carbocycles. The van der Waals surface area contributed by atoms with Gasteiger partial charge in [-0.05, 0) is 6.07 Å². The van der Waals surface area contributed by atoms with Gasteiger partial charge in [0.25, 0.3) is 0 Å². The Morgan fingerprint density at radius 3 is 2.04 bits per heavy atom. The number of hydrogen-bond acceptors (Lipinski definition) is 3. The van der Waals surface area contributed by atoms with E-state index in [9.17, 15) is 0 Å². The maximum Gasteiger partial charge on any atom is 0.182 e. The molecule has 2 heterocycles. The zero-order chi connectivity index (χ0) is 18.9. The van der Waals surface area contributed by atoms with E-state index in [4.69, 9.17) is 4.98 Å². The van der Waals surface area contributed by atoms with Gasteiger partial charge < -0.3 is 4.57 Å². The summed E-state index contributed by atoms with van der Waals surface area (Å²) in [6.45, 7) is 0. The van der Waals surface area contributed by atoms with Crippen molar-refractivity contribution >= 4 is 10.9 Å². The van der Waals surface area contributed by atoms with E-state index in [0.717, 1.165) is 39.0 Å². The molecule has 0 amide bonds. The predicted octanol–water partition coefficient (Wildman–Crippen LogP) is 5.36. The van der Waals surface area contributed by atoms with Crippen molar-refractivity contribution in [2.24, 2.45) is 7.05 Å². The van der Waals surface area contributed by atoms with E-state index in [1.54, 1.807) is 0 Å². The molecule has 28 heavy (non-hydrogen) atoms. The van der Waals surface area contributed by atoms with Gasteiger partial charge in [0.15, 0.2) is 5.82 Å². The summed E-state index contributed by atoms with van der Waals surface area (Å²) in [6, 6.07) is 28.4. The minimum Gasteiger partial charge on any atom is -0.350 e. The molecule has 0 radical (unpaired) electrons. The molecular formula is C24H18N4. The fourth-order valence-electron chi connectivity index (χ4n) is 3.54. The molecule has 0 N–H and O–H groups in total. The van der Waals surface area contributed by atoms with Crippen LogP contribution in [0.5, 0.6) is 0 Å². The number of hydrogen-bond donors (Lipinski definition) is 0. The number of benzene rings is 3. The van der Waals surface area contributed by atoms with Crippen molar-refractivity contribution in [1.82, 2.24) is 19.7 Å². The van der Waals surface area contributed by atoms with Gasteiger partial charge >= 0.3 is 0 Å². The maximum atomic E-state index is 4.97.